The molecular formula is C33H56O2. The number of hydrogen-bond donors (Lipinski definition) is 0. The predicted octanol–water partition coefficient (Wildman–Crippen LogP) is 9.66. The Hall–Kier alpha value is -0.790. The van der Waals surface area contributed by atoms with Crippen molar-refractivity contribution in [1.29, 1.82) is 0 Å². The molecule has 2 nitrogen and oxygen atoms in total. The van der Waals surface area contributed by atoms with Gasteiger partial charge in [0.25, 0.3) is 0 Å². The third-order valence-electron chi connectivity index (χ3n) is 11.7. The van der Waals surface area contributed by atoms with Crippen LogP contribution in [0.5, 0.6) is 0 Å². The van der Waals surface area contributed by atoms with Gasteiger partial charge in [-0.15, -0.1) is 0 Å². The second kappa shape index (κ2) is 11.7. The lowest BCUT2D eigenvalue weighted by atomic mass is 9.47. The van der Waals surface area contributed by atoms with Crippen LogP contribution in [-0.2, 0) is 9.53 Å². The maximum absolute atomic E-state index is 12.4. The Morgan fingerprint density at radius 3 is 2.54 bits per heavy atom. The maximum atomic E-state index is 12.4. The van der Waals surface area contributed by atoms with Gasteiger partial charge in [-0.1, -0.05) is 91.2 Å². The minimum atomic E-state index is 0.0260. The fourth-order valence-corrected chi connectivity index (χ4v) is 9.15. The van der Waals surface area contributed by atoms with Crippen LogP contribution >= 0.6 is 0 Å². The van der Waals surface area contributed by atoms with Crippen molar-refractivity contribution in [3.05, 3.63) is 11.6 Å². The Morgan fingerprint density at radius 1 is 1.00 bits per heavy atom. The second-order valence-electron chi connectivity index (χ2n) is 13.7. The van der Waals surface area contributed by atoms with Crippen LogP contribution < -0.4 is 0 Å². The van der Waals surface area contributed by atoms with Gasteiger partial charge >= 0.3 is 5.97 Å². The molecule has 0 aromatic rings. The smallest absolute Gasteiger partial charge is 0.306 e. The number of carbonyl (C=O) groups is 1. The Kier molecular flexibility index (Phi) is 9.13. The summed E-state index contributed by atoms with van der Waals surface area (Å²) in [5.74, 6) is 4.11. The molecule has 0 amide bonds. The molecule has 0 bridgehead atoms. The van der Waals surface area contributed by atoms with E-state index in [1.54, 1.807) is 5.57 Å². The number of carbonyl (C=O) groups excluding carboxylic acids is 1. The monoisotopic (exact) mass is 484 g/mol. The van der Waals surface area contributed by atoms with E-state index in [2.05, 4.69) is 40.7 Å². The first-order chi connectivity index (χ1) is 16.8. The summed E-state index contributed by atoms with van der Waals surface area (Å²) in [4.78, 5) is 12.4. The van der Waals surface area contributed by atoms with E-state index in [4.69, 9.17) is 4.74 Å². The van der Waals surface area contributed by atoms with Gasteiger partial charge in [0.2, 0.25) is 0 Å². The number of hydrogen-bond acceptors (Lipinski definition) is 2. The van der Waals surface area contributed by atoms with E-state index in [0.717, 1.165) is 42.9 Å². The van der Waals surface area contributed by atoms with Gasteiger partial charge in [0.05, 0.1) is 0 Å². The summed E-state index contributed by atoms with van der Waals surface area (Å²) in [5, 5.41) is 0. The van der Waals surface area contributed by atoms with Gasteiger partial charge in [-0.3, -0.25) is 4.79 Å². The minimum absolute atomic E-state index is 0.0260. The standard InChI is InChI=1S/C33H56O2/c1-6-8-9-10-11-12-13-25-15-17-29-28-16-14-26-23-27(35-31(34)22-24(3)7-2)18-20-33(26,5)30(28)19-21-32(25,29)4/h14,24-25,27-30H,6-13,15-23H2,1-5H3/t24?,25-,27-,28-,29-,30-,32+,33-/m0/s1. The van der Waals surface area contributed by atoms with E-state index in [1.165, 1.54) is 83.5 Å². The zero-order chi connectivity index (χ0) is 25.1. The molecule has 4 aliphatic carbocycles. The van der Waals surface area contributed by atoms with Crippen LogP contribution in [0.2, 0.25) is 0 Å². The zero-order valence-electron chi connectivity index (χ0n) is 23.9. The van der Waals surface area contributed by atoms with Gasteiger partial charge in [-0.05, 0) is 91.8 Å². The molecule has 35 heavy (non-hydrogen) atoms. The van der Waals surface area contributed by atoms with E-state index in [1.807, 2.05) is 0 Å². The zero-order valence-corrected chi connectivity index (χ0v) is 23.9. The highest BCUT2D eigenvalue weighted by Crippen LogP contribution is 2.66. The lowest BCUT2D eigenvalue weighted by Crippen LogP contribution is -2.50. The third-order valence-corrected chi connectivity index (χ3v) is 11.7. The Bertz CT molecular complexity index is 739. The molecule has 0 aromatic carbocycles. The summed E-state index contributed by atoms with van der Waals surface area (Å²) in [5.41, 5.74) is 2.58. The third kappa shape index (κ3) is 5.72. The molecule has 3 saturated carbocycles. The Balaban J connectivity index is 1.35. The van der Waals surface area contributed by atoms with Crippen molar-refractivity contribution in [3.63, 3.8) is 0 Å². The number of fused-ring (bicyclic) bond motifs is 5. The average Bonchev–Trinajstić information content (AvgIpc) is 3.17. The van der Waals surface area contributed by atoms with Crippen molar-refractivity contribution in [1.82, 2.24) is 0 Å². The van der Waals surface area contributed by atoms with E-state index in [0.29, 0.717) is 23.2 Å². The molecule has 3 fully saturated rings. The van der Waals surface area contributed by atoms with Crippen LogP contribution in [0.1, 0.15) is 144 Å². The molecule has 2 heteroatoms. The quantitative estimate of drug-likeness (QED) is 0.166. The molecule has 200 valence electrons. The van der Waals surface area contributed by atoms with Crippen LogP contribution in [-0.4, -0.2) is 12.1 Å². The Labute approximate surface area is 217 Å². The minimum Gasteiger partial charge on any atom is -0.462 e. The van der Waals surface area contributed by atoms with E-state index in [9.17, 15) is 4.79 Å². The molecule has 1 unspecified atom stereocenters. The molecule has 0 saturated heterocycles. The van der Waals surface area contributed by atoms with Gasteiger partial charge in [0.1, 0.15) is 6.10 Å². The lowest BCUT2D eigenvalue weighted by molar-refractivity contribution is -0.152. The van der Waals surface area contributed by atoms with Crippen molar-refractivity contribution in [2.24, 2.45) is 40.4 Å². The summed E-state index contributed by atoms with van der Waals surface area (Å²) in [6.45, 7) is 11.9. The molecule has 4 aliphatic rings. The number of esters is 1. The topological polar surface area (TPSA) is 26.3 Å². The predicted molar refractivity (Wildman–Crippen MR) is 147 cm³/mol. The first-order valence-electron chi connectivity index (χ1n) is 15.7. The first-order valence-corrected chi connectivity index (χ1v) is 15.7. The fraction of sp³-hybridized carbons (Fsp3) is 0.909. The summed E-state index contributed by atoms with van der Waals surface area (Å²) < 4.78 is 5.98. The van der Waals surface area contributed by atoms with Crippen molar-refractivity contribution in [2.45, 2.75) is 150 Å². The first kappa shape index (κ1) is 27.3. The summed E-state index contributed by atoms with van der Waals surface area (Å²) in [6, 6.07) is 0. The van der Waals surface area contributed by atoms with Gasteiger partial charge in [-0.2, -0.15) is 0 Å². The number of rotatable bonds is 11. The normalized spacial score (nSPS) is 39.2. The van der Waals surface area contributed by atoms with Crippen molar-refractivity contribution in [3.8, 4) is 0 Å². The molecule has 0 aromatic heterocycles. The number of ether oxygens (including phenoxy) is 1. The van der Waals surface area contributed by atoms with Gasteiger partial charge < -0.3 is 4.74 Å². The van der Waals surface area contributed by atoms with Gasteiger partial charge in [-0.25, -0.2) is 0 Å². The highest BCUT2D eigenvalue weighted by Gasteiger charge is 2.58. The summed E-state index contributed by atoms with van der Waals surface area (Å²) in [6.07, 6.45) is 24.8. The van der Waals surface area contributed by atoms with Gasteiger partial charge in [0.15, 0.2) is 0 Å². The van der Waals surface area contributed by atoms with Crippen LogP contribution in [0.25, 0.3) is 0 Å². The molecular weight excluding hydrogens is 428 g/mol. The van der Waals surface area contributed by atoms with Crippen molar-refractivity contribution >= 4 is 5.97 Å². The van der Waals surface area contributed by atoms with Crippen molar-refractivity contribution < 1.29 is 9.53 Å². The second-order valence-corrected chi connectivity index (χ2v) is 13.7. The van der Waals surface area contributed by atoms with Crippen molar-refractivity contribution in [2.75, 3.05) is 0 Å². The summed E-state index contributed by atoms with van der Waals surface area (Å²) in [7, 11) is 0. The number of unbranched alkanes of at least 4 members (excludes halogenated alkanes) is 5. The van der Waals surface area contributed by atoms with E-state index >= 15 is 0 Å². The maximum Gasteiger partial charge on any atom is 0.306 e. The largest absolute Gasteiger partial charge is 0.462 e. The molecule has 8 atom stereocenters. The SMILES string of the molecule is CCCCCCCC[C@H]1CC[C@H]2[C@@H]3CC=C4C[C@@H](OC(=O)CC(C)CC)CC[C@]4(C)[C@H]3CC[C@]12C. The molecule has 0 heterocycles. The molecule has 0 spiro atoms. The highest BCUT2D eigenvalue weighted by molar-refractivity contribution is 5.69. The number of allylic oxidation sites excluding steroid dienone is 1. The van der Waals surface area contributed by atoms with Gasteiger partial charge in [0, 0.05) is 12.8 Å². The van der Waals surface area contributed by atoms with Crippen LogP contribution in [0, 0.1) is 40.4 Å². The molecule has 0 radical (unpaired) electrons. The average molecular weight is 485 g/mol. The molecule has 0 N–H and O–H groups in total. The van der Waals surface area contributed by atoms with Crippen LogP contribution in [0.15, 0.2) is 11.6 Å². The van der Waals surface area contributed by atoms with E-state index in [-0.39, 0.29) is 12.1 Å². The fourth-order valence-electron chi connectivity index (χ4n) is 9.15. The summed E-state index contributed by atoms with van der Waals surface area (Å²) >= 11 is 0. The molecule has 0 aliphatic heterocycles. The van der Waals surface area contributed by atoms with Crippen LogP contribution in [0.3, 0.4) is 0 Å². The lowest BCUT2D eigenvalue weighted by Gasteiger charge is -2.58. The Morgan fingerprint density at radius 2 is 1.77 bits per heavy atom. The van der Waals surface area contributed by atoms with E-state index < -0.39 is 0 Å². The molecule has 4 rings (SSSR count). The highest BCUT2D eigenvalue weighted by atomic mass is 16.5. The van der Waals surface area contributed by atoms with Crippen LogP contribution in [0.4, 0.5) is 0 Å².